The molecule has 0 radical (unpaired) electrons. The zero-order chi connectivity index (χ0) is 12.3. The molecule has 1 aromatic carbocycles. The smallest absolute Gasteiger partial charge is 0.139 e. The fraction of sp³-hybridized carbons (Fsp3) is 0.250. The van der Waals surface area contributed by atoms with Crippen LogP contribution in [0.2, 0.25) is 5.02 Å². The van der Waals surface area contributed by atoms with Crippen molar-refractivity contribution in [2.75, 3.05) is 13.7 Å². The molecule has 4 nitrogen and oxygen atoms in total. The first-order valence-corrected chi connectivity index (χ1v) is 5.69. The normalized spacial score (nSPS) is 10.5. The van der Waals surface area contributed by atoms with Gasteiger partial charge in [0.05, 0.1) is 24.1 Å². The molecule has 0 aliphatic rings. The maximum atomic E-state index is 5.99. The zero-order valence-electron chi connectivity index (χ0n) is 9.56. The van der Waals surface area contributed by atoms with Gasteiger partial charge in [-0.3, -0.25) is 0 Å². The molecule has 2 N–H and O–H groups in total. The number of benzene rings is 1. The van der Waals surface area contributed by atoms with Gasteiger partial charge in [-0.05, 0) is 18.7 Å². The lowest BCUT2D eigenvalue weighted by Crippen LogP contribution is -2.07. The van der Waals surface area contributed by atoms with E-state index >= 15 is 0 Å². The summed E-state index contributed by atoms with van der Waals surface area (Å²) in [5.41, 5.74) is 7.59. The number of hydrogen-bond acceptors (Lipinski definition) is 3. The van der Waals surface area contributed by atoms with Gasteiger partial charge in [-0.2, -0.15) is 0 Å². The summed E-state index contributed by atoms with van der Waals surface area (Å²) in [4.78, 5) is 4.13. The Labute approximate surface area is 105 Å². The van der Waals surface area contributed by atoms with E-state index in [1.807, 2.05) is 29.0 Å². The van der Waals surface area contributed by atoms with Crippen LogP contribution >= 0.6 is 11.6 Å². The van der Waals surface area contributed by atoms with Gasteiger partial charge >= 0.3 is 0 Å². The van der Waals surface area contributed by atoms with Crippen LogP contribution in [-0.4, -0.2) is 23.2 Å². The van der Waals surface area contributed by atoms with Crippen molar-refractivity contribution >= 4 is 11.6 Å². The van der Waals surface area contributed by atoms with Crippen LogP contribution in [0.5, 0.6) is 5.75 Å². The van der Waals surface area contributed by atoms with E-state index in [9.17, 15) is 0 Å². The van der Waals surface area contributed by atoms with E-state index in [1.54, 1.807) is 13.4 Å². The molecule has 0 unspecified atom stereocenters. The summed E-state index contributed by atoms with van der Waals surface area (Å²) < 4.78 is 7.17. The van der Waals surface area contributed by atoms with Crippen LogP contribution in [0.25, 0.3) is 5.69 Å². The van der Waals surface area contributed by atoms with E-state index in [4.69, 9.17) is 22.1 Å². The van der Waals surface area contributed by atoms with Gasteiger partial charge in [-0.25, -0.2) is 4.98 Å². The summed E-state index contributed by atoms with van der Waals surface area (Å²) in [5.74, 6) is 0.650. The van der Waals surface area contributed by atoms with Gasteiger partial charge in [-0.15, -0.1) is 0 Å². The standard InChI is InChI=1S/C12H14ClN3O/c1-17-12-6-9(2-3-11(12)13)16-8-15-7-10(16)4-5-14/h2-3,6-8H,4-5,14H2,1H3. The van der Waals surface area contributed by atoms with Crippen LogP contribution < -0.4 is 10.5 Å². The second-order valence-corrected chi connectivity index (χ2v) is 4.02. The topological polar surface area (TPSA) is 53.1 Å². The van der Waals surface area contributed by atoms with Crippen LogP contribution in [0, 0.1) is 0 Å². The van der Waals surface area contributed by atoms with E-state index in [0.29, 0.717) is 17.3 Å². The molecule has 90 valence electrons. The number of rotatable bonds is 4. The third-order valence-electron chi connectivity index (χ3n) is 2.53. The van der Waals surface area contributed by atoms with Gasteiger partial charge < -0.3 is 15.0 Å². The van der Waals surface area contributed by atoms with Crippen molar-refractivity contribution in [3.8, 4) is 11.4 Å². The third-order valence-corrected chi connectivity index (χ3v) is 2.84. The van der Waals surface area contributed by atoms with E-state index < -0.39 is 0 Å². The van der Waals surface area contributed by atoms with E-state index in [1.165, 1.54) is 0 Å². The molecular formula is C12H14ClN3O. The lowest BCUT2D eigenvalue weighted by Gasteiger charge is -2.10. The number of ether oxygens (including phenoxy) is 1. The average molecular weight is 252 g/mol. The largest absolute Gasteiger partial charge is 0.495 e. The molecular weight excluding hydrogens is 238 g/mol. The molecule has 0 saturated heterocycles. The summed E-state index contributed by atoms with van der Waals surface area (Å²) in [5, 5.41) is 0.594. The maximum absolute atomic E-state index is 5.99. The fourth-order valence-electron chi connectivity index (χ4n) is 1.69. The van der Waals surface area contributed by atoms with Gasteiger partial charge in [0.25, 0.3) is 0 Å². The van der Waals surface area contributed by atoms with E-state index in [2.05, 4.69) is 4.98 Å². The predicted octanol–water partition coefficient (Wildman–Crippen LogP) is 2.04. The molecule has 0 spiro atoms. The minimum atomic E-state index is 0.594. The number of imidazole rings is 1. The van der Waals surface area contributed by atoms with Gasteiger partial charge in [0.1, 0.15) is 5.75 Å². The molecule has 17 heavy (non-hydrogen) atoms. The Hall–Kier alpha value is -1.52. The molecule has 0 amide bonds. The van der Waals surface area contributed by atoms with Gasteiger partial charge in [0, 0.05) is 24.4 Å². The Bertz CT molecular complexity index is 510. The molecule has 5 heteroatoms. The number of halogens is 1. The molecule has 0 aliphatic carbocycles. The van der Waals surface area contributed by atoms with Crippen LogP contribution in [0.4, 0.5) is 0 Å². The highest BCUT2D eigenvalue weighted by molar-refractivity contribution is 6.32. The monoisotopic (exact) mass is 251 g/mol. The summed E-state index contributed by atoms with van der Waals surface area (Å²) in [6.07, 6.45) is 4.35. The quantitative estimate of drug-likeness (QED) is 0.905. The Kier molecular flexibility index (Phi) is 3.66. The van der Waals surface area contributed by atoms with E-state index in [-0.39, 0.29) is 0 Å². The lowest BCUT2D eigenvalue weighted by atomic mass is 10.2. The first-order valence-electron chi connectivity index (χ1n) is 5.31. The highest BCUT2D eigenvalue weighted by Crippen LogP contribution is 2.27. The maximum Gasteiger partial charge on any atom is 0.139 e. The molecule has 2 aromatic rings. The molecule has 0 atom stereocenters. The van der Waals surface area contributed by atoms with Crippen molar-refractivity contribution in [2.24, 2.45) is 5.73 Å². The second kappa shape index (κ2) is 5.21. The lowest BCUT2D eigenvalue weighted by molar-refractivity contribution is 0.415. The minimum absolute atomic E-state index is 0.594. The Balaban J connectivity index is 2.42. The first kappa shape index (κ1) is 12.0. The van der Waals surface area contributed by atoms with Crippen molar-refractivity contribution < 1.29 is 4.74 Å². The first-order chi connectivity index (χ1) is 8.26. The molecule has 2 rings (SSSR count). The van der Waals surface area contributed by atoms with Crippen molar-refractivity contribution in [3.05, 3.63) is 41.4 Å². The van der Waals surface area contributed by atoms with Crippen molar-refractivity contribution in [1.82, 2.24) is 9.55 Å². The Morgan fingerprint density at radius 1 is 1.47 bits per heavy atom. The van der Waals surface area contributed by atoms with Gasteiger partial charge in [0.2, 0.25) is 0 Å². The van der Waals surface area contributed by atoms with Crippen LogP contribution in [0.3, 0.4) is 0 Å². The third kappa shape index (κ3) is 2.43. The van der Waals surface area contributed by atoms with Crippen LogP contribution in [0.15, 0.2) is 30.7 Å². The predicted molar refractivity (Wildman–Crippen MR) is 67.9 cm³/mol. The number of methoxy groups -OCH3 is 1. The van der Waals surface area contributed by atoms with Crippen molar-refractivity contribution in [3.63, 3.8) is 0 Å². The highest BCUT2D eigenvalue weighted by Gasteiger charge is 2.07. The summed E-state index contributed by atoms with van der Waals surface area (Å²) >= 11 is 5.99. The SMILES string of the molecule is COc1cc(-n2cncc2CCN)ccc1Cl. The summed E-state index contributed by atoms with van der Waals surface area (Å²) in [6.45, 7) is 0.594. The highest BCUT2D eigenvalue weighted by atomic mass is 35.5. The van der Waals surface area contributed by atoms with E-state index in [0.717, 1.165) is 17.8 Å². The Morgan fingerprint density at radius 3 is 3.00 bits per heavy atom. The Morgan fingerprint density at radius 2 is 2.29 bits per heavy atom. The molecule has 0 saturated carbocycles. The number of aromatic nitrogens is 2. The zero-order valence-corrected chi connectivity index (χ0v) is 10.3. The molecule has 0 fully saturated rings. The summed E-state index contributed by atoms with van der Waals surface area (Å²) in [7, 11) is 1.60. The second-order valence-electron chi connectivity index (χ2n) is 3.61. The number of nitrogens with zero attached hydrogens (tertiary/aromatic N) is 2. The molecule has 1 heterocycles. The summed E-state index contributed by atoms with van der Waals surface area (Å²) in [6, 6.07) is 5.61. The number of hydrogen-bond donors (Lipinski definition) is 1. The molecule has 0 bridgehead atoms. The van der Waals surface area contributed by atoms with Gasteiger partial charge in [0.15, 0.2) is 0 Å². The number of nitrogens with two attached hydrogens (primary N) is 1. The average Bonchev–Trinajstić information content (AvgIpc) is 2.78. The fourth-order valence-corrected chi connectivity index (χ4v) is 1.88. The van der Waals surface area contributed by atoms with Crippen LogP contribution in [-0.2, 0) is 6.42 Å². The van der Waals surface area contributed by atoms with Crippen molar-refractivity contribution in [2.45, 2.75) is 6.42 Å². The van der Waals surface area contributed by atoms with Crippen LogP contribution in [0.1, 0.15) is 5.69 Å². The molecule has 1 aromatic heterocycles. The van der Waals surface area contributed by atoms with Crippen molar-refractivity contribution in [1.29, 1.82) is 0 Å². The molecule has 0 aliphatic heterocycles. The van der Waals surface area contributed by atoms with Gasteiger partial charge in [-0.1, -0.05) is 11.6 Å². The minimum Gasteiger partial charge on any atom is -0.495 e.